The highest BCUT2D eigenvalue weighted by Crippen LogP contribution is 2.34. The van der Waals surface area contributed by atoms with Gasteiger partial charge in [-0.2, -0.15) is 4.90 Å². The van der Waals surface area contributed by atoms with Crippen LogP contribution in [0.15, 0.2) is 60.8 Å². The number of fused-ring (bicyclic) bond motifs is 10. The maximum atomic E-state index is 15.7. The zero-order valence-electron chi connectivity index (χ0n) is 31.5. The van der Waals surface area contributed by atoms with E-state index in [1.807, 2.05) is 32.0 Å². The Morgan fingerprint density at radius 2 is 1.87 bits per heavy atom. The van der Waals surface area contributed by atoms with Gasteiger partial charge < -0.3 is 34.3 Å². The standard InChI is InChI=1S/C40H44FN5O9/c1-22-15-25-7-9-30(22)23(2)20-53-37(48)44-28-17-26(34(32(41)18-28)54-29-12-14-52-21-29)19-45(6)36(47)33(25)43-27-8-10-31-24(16-27)11-13-42-35(31)46(38(49)50)39(51)55-40(3,4)5/h7-11,13,15-18,23,29,33,43H,12,14,19-21H2,1-6H3,(H,44,48)(H,49,50)/t23-,29+,33?/m0/s1. The van der Waals surface area contributed by atoms with Gasteiger partial charge in [0.05, 0.1) is 19.8 Å². The average Bonchev–Trinajstić information content (AvgIpc) is 3.63. The van der Waals surface area contributed by atoms with Crippen molar-refractivity contribution >= 4 is 52.2 Å². The van der Waals surface area contributed by atoms with Crippen molar-refractivity contribution in [3.05, 3.63) is 88.9 Å². The minimum Gasteiger partial charge on any atom is -0.484 e. The Kier molecular flexibility index (Phi) is 11.1. The van der Waals surface area contributed by atoms with Crippen LogP contribution >= 0.6 is 0 Å². The lowest BCUT2D eigenvalue weighted by Crippen LogP contribution is -2.40. The summed E-state index contributed by atoms with van der Waals surface area (Å²) < 4.78 is 38.1. The molecule has 0 aliphatic carbocycles. The van der Waals surface area contributed by atoms with Crippen LogP contribution in [0.25, 0.3) is 10.8 Å². The first-order chi connectivity index (χ1) is 26.1. The van der Waals surface area contributed by atoms with Crippen LogP contribution in [0, 0.1) is 12.7 Å². The van der Waals surface area contributed by atoms with Crippen LogP contribution in [0.4, 0.5) is 36.0 Å². The van der Waals surface area contributed by atoms with Gasteiger partial charge in [0.25, 0.3) is 0 Å². The number of aryl methyl sites for hydroxylation is 1. The van der Waals surface area contributed by atoms with Crippen LogP contribution in [0.3, 0.4) is 0 Å². The number of nitrogens with zero attached hydrogens (tertiary/aromatic N) is 3. The fraction of sp³-hybridized carbons (Fsp3) is 0.375. The largest absolute Gasteiger partial charge is 0.484 e. The number of benzene rings is 3. The average molecular weight is 758 g/mol. The molecule has 4 bridgehead atoms. The van der Waals surface area contributed by atoms with Gasteiger partial charge in [-0.25, -0.2) is 23.8 Å². The molecule has 15 heteroatoms. The van der Waals surface area contributed by atoms with E-state index in [2.05, 4.69) is 15.6 Å². The van der Waals surface area contributed by atoms with Crippen LogP contribution in [-0.4, -0.2) is 77.8 Å². The van der Waals surface area contributed by atoms with E-state index in [0.29, 0.717) is 45.5 Å². The molecule has 290 valence electrons. The number of carbonyl (C=O) groups excluding carboxylic acids is 3. The number of likely N-dealkylation sites (N-methyl/N-ethyl adjacent to an activating group) is 1. The Morgan fingerprint density at radius 3 is 2.56 bits per heavy atom. The van der Waals surface area contributed by atoms with Crippen molar-refractivity contribution in [2.75, 3.05) is 42.4 Å². The molecule has 1 saturated heterocycles. The molecule has 3 aromatic carbocycles. The monoisotopic (exact) mass is 757 g/mol. The number of pyridine rings is 1. The maximum Gasteiger partial charge on any atom is 0.425 e. The summed E-state index contributed by atoms with van der Waals surface area (Å²) in [7, 11) is 1.59. The fourth-order valence-corrected chi connectivity index (χ4v) is 6.62. The third kappa shape index (κ3) is 8.89. The first-order valence-corrected chi connectivity index (χ1v) is 17.9. The summed E-state index contributed by atoms with van der Waals surface area (Å²) in [5.74, 6) is -1.47. The topological polar surface area (TPSA) is 169 Å². The van der Waals surface area contributed by atoms with Gasteiger partial charge in [0.1, 0.15) is 17.7 Å². The van der Waals surface area contributed by atoms with Gasteiger partial charge in [-0.3, -0.25) is 10.1 Å². The Bertz CT molecular complexity index is 2130. The Labute approximate surface area is 317 Å². The van der Waals surface area contributed by atoms with E-state index in [4.69, 9.17) is 18.9 Å². The quantitative estimate of drug-likeness (QED) is 0.182. The summed E-state index contributed by atoms with van der Waals surface area (Å²) in [6, 6.07) is 14.0. The molecule has 0 saturated carbocycles. The number of halogens is 1. The molecule has 3 N–H and O–H groups in total. The van der Waals surface area contributed by atoms with Crippen molar-refractivity contribution in [1.82, 2.24) is 9.88 Å². The molecule has 1 fully saturated rings. The fourth-order valence-electron chi connectivity index (χ4n) is 6.62. The highest BCUT2D eigenvalue weighted by Gasteiger charge is 2.32. The number of carbonyl (C=O) groups is 4. The number of imide groups is 1. The lowest BCUT2D eigenvalue weighted by Gasteiger charge is -2.28. The Balaban J connectivity index is 1.39. The lowest BCUT2D eigenvalue weighted by atomic mass is 9.93. The molecule has 4 heterocycles. The smallest absolute Gasteiger partial charge is 0.425 e. The molecular formula is C40H44FN5O9. The summed E-state index contributed by atoms with van der Waals surface area (Å²) in [5.41, 5.74) is 2.43. The van der Waals surface area contributed by atoms with Gasteiger partial charge in [0.2, 0.25) is 5.91 Å². The summed E-state index contributed by atoms with van der Waals surface area (Å²) in [6.45, 7) is 9.44. The van der Waals surface area contributed by atoms with Crippen molar-refractivity contribution in [3.8, 4) is 5.75 Å². The SMILES string of the molecule is Cc1cc2ccc1[C@@H](C)COC(=O)Nc1cc(F)c(O[C@@H]3CCOC3)c(c1)CN(C)C(=O)C2Nc1ccc2c(N(C(=O)O)C(=O)OC(C)(C)C)nccc2c1. The van der Waals surface area contributed by atoms with Gasteiger partial charge in [-0.1, -0.05) is 25.1 Å². The van der Waals surface area contributed by atoms with Crippen molar-refractivity contribution in [2.24, 2.45) is 0 Å². The molecule has 55 heavy (non-hydrogen) atoms. The van der Waals surface area contributed by atoms with Crippen molar-refractivity contribution in [1.29, 1.82) is 0 Å². The van der Waals surface area contributed by atoms with Crippen molar-refractivity contribution in [2.45, 2.75) is 71.2 Å². The molecule has 0 spiro atoms. The molecule has 1 unspecified atom stereocenters. The second kappa shape index (κ2) is 15.8. The number of amides is 4. The molecule has 3 atom stereocenters. The molecule has 4 aromatic rings. The highest BCUT2D eigenvalue weighted by molar-refractivity contribution is 6.13. The van der Waals surface area contributed by atoms with E-state index in [1.165, 1.54) is 11.1 Å². The molecule has 1 aromatic heterocycles. The molecule has 4 amide bonds. The summed E-state index contributed by atoms with van der Waals surface area (Å²) in [5, 5.41) is 16.8. The van der Waals surface area contributed by atoms with Crippen molar-refractivity contribution in [3.63, 3.8) is 0 Å². The summed E-state index contributed by atoms with van der Waals surface area (Å²) in [6.07, 6.45) is -1.84. The zero-order valence-corrected chi connectivity index (χ0v) is 31.5. The van der Waals surface area contributed by atoms with Gasteiger partial charge in [-0.15, -0.1) is 0 Å². The third-order valence-electron chi connectivity index (χ3n) is 9.23. The molecule has 14 nitrogen and oxygen atoms in total. The number of carboxylic acid groups (broad SMARTS) is 1. The summed E-state index contributed by atoms with van der Waals surface area (Å²) >= 11 is 0. The van der Waals surface area contributed by atoms with Crippen LogP contribution in [0.5, 0.6) is 5.75 Å². The predicted molar refractivity (Wildman–Crippen MR) is 202 cm³/mol. The Hall–Kier alpha value is -5.96. The molecule has 3 aliphatic rings. The minimum absolute atomic E-state index is 0.0470. The van der Waals surface area contributed by atoms with Crippen LogP contribution < -0.4 is 20.3 Å². The minimum atomic E-state index is -1.56. The summed E-state index contributed by atoms with van der Waals surface area (Å²) in [4.78, 5) is 58.7. The van der Waals surface area contributed by atoms with Crippen LogP contribution in [0.2, 0.25) is 0 Å². The number of ether oxygens (including phenoxy) is 4. The van der Waals surface area contributed by atoms with Gasteiger partial charge >= 0.3 is 18.3 Å². The number of aromatic nitrogens is 1. The normalized spacial score (nSPS) is 19.1. The van der Waals surface area contributed by atoms with Crippen LogP contribution in [0.1, 0.15) is 68.3 Å². The number of anilines is 3. The van der Waals surface area contributed by atoms with Crippen molar-refractivity contribution < 1.29 is 47.6 Å². The van der Waals surface area contributed by atoms with Gasteiger partial charge in [-0.05, 0) is 80.1 Å². The second-order valence-corrected chi connectivity index (χ2v) is 14.7. The molecule has 7 rings (SSSR count). The van der Waals surface area contributed by atoms with Gasteiger partial charge in [0, 0.05) is 60.5 Å². The zero-order chi connectivity index (χ0) is 39.6. The Morgan fingerprint density at radius 1 is 1.09 bits per heavy atom. The number of hydrogen-bond acceptors (Lipinski definition) is 10. The number of rotatable bonds is 5. The van der Waals surface area contributed by atoms with E-state index in [-0.39, 0.29) is 54.9 Å². The third-order valence-corrected chi connectivity index (χ3v) is 9.23. The lowest BCUT2D eigenvalue weighted by molar-refractivity contribution is -0.131. The van der Waals surface area contributed by atoms with Gasteiger partial charge in [0.15, 0.2) is 17.4 Å². The number of hydrogen-bond donors (Lipinski definition) is 3. The van der Waals surface area contributed by atoms with E-state index in [0.717, 1.165) is 17.2 Å². The van der Waals surface area contributed by atoms with Crippen LogP contribution in [-0.2, 0) is 25.5 Å². The molecule has 3 aliphatic heterocycles. The number of nitrogens with one attached hydrogen (secondary N) is 2. The van der Waals surface area contributed by atoms with E-state index in [1.54, 1.807) is 58.2 Å². The van der Waals surface area contributed by atoms with E-state index in [9.17, 15) is 24.3 Å². The van der Waals surface area contributed by atoms with E-state index < -0.39 is 35.7 Å². The first kappa shape index (κ1) is 38.8. The second-order valence-electron chi connectivity index (χ2n) is 14.7. The highest BCUT2D eigenvalue weighted by atomic mass is 19.1. The predicted octanol–water partition coefficient (Wildman–Crippen LogP) is 7.75. The van der Waals surface area contributed by atoms with E-state index >= 15 is 4.39 Å². The first-order valence-electron chi connectivity index (χ1n) is 17.9. The molecule has 0 radical (unpaired) electrons. The maximum absolute atomic E-state index is 15.7. The molecular weight excluding hydrogens is 713 g/mol.